The number of alkyl halides is 2. The summed E-state index contributed by atoms with van der Waals surface area (Å²) >= 11 is 0. The molecule has 0 aromatic carbocycles. The molecule has 0 aliphatic carbocycles. The van der Waals surface area contributed by atoms with Crippen LogP contribution in [-0.2, 0) is 0 Å². The number of aliphatic hydroxyl groups is 1. The minimum atomic E-state index is -2.70. The minimum Gasteiger partial charge on any atom is -0.388 e. The van der Waals surface area contributed by atoms with E-state index in [9.17, 15) is 8.78 Å². The molecule has 1 unspecified atom stereocenters. The van der Waals surface area contributed by atoms with Crippen molar-refractivity contribution in [3.05, 3.63) is 0 Å². The van der Waals surface area contributed by atoms with Crippen molar-refractivity contribution in [2.75, 3.05) is 0 Å². The van der Waals surface area contributed by atoms with Gasteiger partial charge in [-0.2, -0.15) is 0 Å². The summed E-state index contributed by atoms with van der Waals surface area (Å²) in [7, 11) is 4.64. The molecule has 0 aliphatic heterocycles. The Bertz CT molecular complexity index is 50.2. The molecule has 0 amide bonds. The number of hydrogen-bond donors (Lipinski definition) is 1. The van der Waals surface area contributed by atoms with Gasteiger partial charge in [0.25, 0.3) is 6.43 Å². The lowest BCUT2D eigenvalue weighted by Gasteiger charge is -2.02. The van der Waals surface area contributed by atoms with Gasteiger partial charge in [-0.25, -0.2) is 8.78 Å². The maximum atomic E-state index is 11.1. The van der Waals surface area contributed by atoms with E-state index in [0.29, 0.717) is 0 Å². The Hall–Kier alpha value is -0.115. The number of halogens is 2. The minimum absolute atomic E-state index is 0.377. The van der Waals surface area contributed by atoms with Crippen molar-refractivity contribution >= 4 is 7.85 Å². The molecule has 7 heavy (non-hydrogen) atoms. The average molecular weight is 106 g/mol. The monoisotopic (exact) mass is 106 g/mol. The van der Waals surface area contributed by atoms with Crippen molar-refractivity contribution in [1.29, 1.82) is 0 Å². The Balaban J connectivity index is 3.14. The van der Waals surface area contributed by atoms with Crippen LogP contribution < -0.4 is 0 Å². The molecule has 0 heterocycles. The van der Waals surface area contributed by atoms with Gasteiger partial charge in [0, 0.05) is 0 Å². The van der Waals surface area contributed by atoms with Gasteiger partial charge in [-0.15, -0.1) is 0 Å². The van der Waals surface area contributed by atoms with Gasteiger partial charge in [0.2, 0.25) is 0 Å². The van der Waals surface area contributed by atoms with Crippen LogP contribution >= 0.6 is 0 Å². The molecule has 0 rings (SSSR count). The summed E-state index contributed by atoms with van der Waals surface area (Å²) in [6.45, 7) is 0. The first-order valence-electron chi connectivity index (χ1n) is 1.84. The largest absolute Gasteiger partial charge is 0.388 e. The van der Waals surface area contributed by atoms with Crippen LogP contribution in [-0.4, -0.2) is 25.5 Å². The third kappa shape index (κ3) is 2.56. The van der Waals surface area contributed by atoms with Crippen molar-refractivity contribution in [1.82, 2.24) is 0 Å². The molecule has 0 saturated heterocycles. The summed E-state index contributed by atoms with van der Waals surface area (Å²) < 4.78 is 22.2. The Labute approximate surface area is 41.7 Å². The topological polar surface area (TPSA) is 20.2 Å². The summed E-state index contributed by atoms with van der Waals surface area (Å²) in [5.74, 6) is 0. The zero-order chi connectivity index (χ0) is 5.86. The van der Waals surface area contributed by atoms with Gasteiger partial charge in [0.1, 0.15) is 6.10 Å². The van der Waals surface area contributed by atoms with Gasteiger partial charge < -0.3 is 5.11 Å². The quantitative estimate of drug-likeness (QED) is 0.498. The van der Waals surface area contributed by atoms with Crippen LogP contribution in [0.25, 0.3) is 0 Å². The lowest BCUT2D eigenvalue weighted by atomic mass is 10.0. The highest BCUT2D eigenvalue weighted by atomic mass is 19.3. The van der Waals surface area contributed by atoms with Gasteiger partial charge in [-0.05, 0) is 0 Å². The fraction of sp³-hybridized carbons (Fsp3) is 1.00. The van der Waals surface area contributed by atoms with Crippen LogP contribution in [0.3, 0.4) is 0 Å². The Morgan fingerprint density at radius 2 is 2.00 bits per heavy atom. The zero-order valence-electron chi connectivity index (χ0n) is 3.64. The Kier molecular flexibility index (Phi) is 2.91. The summed E-state index contributed by atoms with van der Waals surface area (Å²) in [6.07, 6.45) is -4.73. The predicted molar refractivity (Wildman–Crippen MR) is 22.6 cm³/mol. The molecule has 0 bridgehead atoms. The van der Waals surface area contributed by atoms with Crippen LogP contribution in [0, 0.1) is 0 Å². The maximum absolute atomic E-state index is 11.1. The molecule has 4 heteroatoms. The zero-order valence-corrected chi connectivity index (χ0v) is 3.64. The van der Waals surface area contributed by atoms with Gasteiger partial charge in [-0.1, -0.05) is 6.32 Å². The first-order chi connectivity index (χ1) is 3.18. The molecule has 1 atom stereocenters. The van der Waals surface area contributed by atoms with Crippen molar-refractivity contribution < 1.29 is 13.9 Å². The molecule has 0 aromatic heterocycles. The van der Waals surface area contributed by atoms with E-state index in [0.717, 1.165) is 0 Å². The molecule has 0 spiro atoms. The van der Waals surface area contributed by atoms with Crippen molar-refractivity contribution in [2.45, 2.75) is 18.8 Å². The van der Waals surface area contributed by atoms with Crippen molar-refractivity contribution in [3.63, 3.8) is 0 Å². The van der Waals surface area contributed by atoms with E-state index < -0.39 is 12.5 Å². The van der Waals surface area contributed by atoms with Crippen molar-refractivity contribution in [3.8, 4) is 0 Å². The van der Waals surface area contributed by atoms with E-state index in [4.69, 9.17) is 5.11 Å². The van der Waals surface area contributed by atoms with Crippen molar-refractivity contribution in [2.24, 2.45) is 0 Å². The molecule has 40 valence electrons. The van der Waals surface area contributed by atoms with E-state index in [2.05, 4.69) is 7.85 Å². The highest BCUT2D eigenvalue weighted by Crippen LogP contribution is 2.01. The number of rotatable bonds is 2. The lowest BCUT2D eigenvalue weighted by Crippen LogP contribution is -2.15. The Morgan fingerprint density at radius 1 is 1.57 bits per heavy atom. The second-order valence-electron chi connectivity index (χ2n) is 1.14. The molecular formula is C3H5BF2O. The number of hydrogen-bond acceptors (Lipinski definition) is 1. The SMILES string of the molecule is [B]CC(O)C(F)F. The molecule has 1 N–H and O–H groups in total. The predicted octanol–water partition coefficient (Wildman–Crippen LogP) is 0.199. The standard InChI is InChI=1S/C3H5BF2O/c4-1-2(7)3(5)6/h2-3,7H,1H2. The Morgan fingerprint density at radius 3 is 2.00 bits per heavy atom. The van der Waals surface area contributed by atoms with Crippen LogP contribution in [0.4, 0.5) is 8.78 Å². The summed E-state index contributed by atoms with van der Waals surface area (Å²) in [5, 5.41) is 8.06. The molecular weight excluding hydrogens is 101 g/mol. The van der Waals surface area contributed by atoms with Crippen LogP contribution in [0.5, 0.6) is 0 Å². The van der Waals surface area contributed by atoms with E-state index in [-0.39, 0.29) is 6.32 Å². The van der Waals surface area contributed by atoms with Crippen LogP contribution in [0.2, 0.25) is 6.32 Å². The summed E-state index contributed by atoms with van der Waals surface area (Å²) in [4.78, 5) is 0. The third-order valence-corrected chi connectivity index (χ3v) is 0.532. The smallest absolute Gasteiger partial charge is 0.263 e. The summed E-state index contributed by atoms with van der Waals surface area (Å²) in [6, 6.07) is 0. The highest BCUT2D eigenvalue weighted by Gasteiger charge is 2.12. The highest BCUT2D eigenvalue weighted by molar-refractivity contribution is 6.08. The van der Waals surface area contributed by atoms with Gasteiger partial charge in [0.05, 0.1) is 7.85 Å². The van der Waals surface area contributed by atoms with Gasteiger partial charge in [0.15, 0.2) is 0 Å². The van der Waals surface area contributed by atoms with E-state index in [1.165, 1.54) is 0 Å². The second-order valence-corrected chi connectivity index (χ2v) is 1.14. The molecule has 0 aromatic rings. The van der Waals surface area contributed by atoms with Crippen LogP contribution in [0.15, 0.2) is 0 Å². The third-order valence-electron chi connectivity index (χ3n) is 0.532. The fourth-order valence-corrected chi connectivity index (χ4v) is 0.103. The molecule has 0 aliphatic rings. The van der Waals surface area contributed by atoms with E-state index >= 15 is 0 Å². The molecule has 2 radical (unpaired) electrons. The normalized spacial score (nSPS) is 14.9. The number of aliphatic hydroxyl groups excluding tert-OH is 1. The molecule has 1 nitrogen and oxygen atoms in total. The second kappa shape index (κ2) is 2.96. The van der Waals surface area contributed by atoms with Gasteiger partial charge >= 0.3 is 0 Å². The first kappa shape index (κ1) is 6.88. The van der Waals surface area contributed by atoms with E-state index in [1.54, 1.807) is 0 Å². The van der Waals surface area contributed by atoms with Crippen LogP contribution in [0.1, 0.15) is 0 Å². The molecule has 0 saturated carbocycles. The van der Waals surface area contributed by atoms with E-state index in [1.807, 2.05) is 0 Å². The summed E-state index contributed by atoms with van der Waals surface area (Å²) in [5.41, 5.74) is 0. The average Bonchev–Trinajstić information content (AvgIpc) is 1.65. The lowest BCUT2D eigenvalue weighted by molar-refractivity contribution is 0.00765. The fourth-order valence-electron chi connectivity index (χ4n) is 0.103. The first-order valence-corrected chi connectivity index (χ1v) is 1.84. The maximum Gasteiger partial charge on any atom is 0.263 e. The molecule has 0 fully saturated rings. The van der Waals surface area contributed by atoms with Gasteiger partial charge in [-0.3, -0.25) is 0 Å².